The monoisotopic (exact) mass is 315 g/mol. The second-order valence-corrected chi connectivity index (χ2v) is 5.67. The van der Waals surface area contributed by atoms with Gasteiger partial charge in [0, 0.05) is 16.5 Å². The highest BCUT2D eigenvalue weighted by atomic mass is 35.5. The summed E-state index contributed by atoms with van der Waals surface area (Å²) in [6, 6.07) is 14.2. The van der Waals surface area contributed by atoms with Crippen LogP contribution in [-0.2, 0) is 0 Å². The summed E-state index contributed by atoms with van der Waals surface area (Å²) >= 11 is 7.68. The summed E-state index contributed by atoms with van der Waals surface area (Å²) in [7, 11) is 0. The van der Waals surface area contributed by atoms with Crippen LogP contribution in [0.2, 0.25) is 5.02 Å². The summed E-state index contributed by atoms with van der Waals surface area (Å²) in [5.41, 5.74) is 2.86. The Morgan fingerprint density at radius 2 is 1.81 bits per heavy atom. The highest BCUT2D eigenvalue weighted by Crippen LogP contribution is 2.32. The average molecular weight is 316 g/mol. The fraction of sp³-hybridized carbons (Fsp3) is 0. The van der Waals surface area contributed by atoms with E-state index < -0.39 is 5.97 Å². The van der Waals surface area contributed by atoms with Gasteiger partial charge in [-0.1, -0.05) is 41.9 Å². The van der Waals surface area contributed by atoms with Crippen molar-refractivity contribution in [2.45, 2.75) is 0 Å². The molecule has 0 aliphatic heterocycles. The minimum absolute atomic E-state index is 0.264. The highest BCUT2D eigenvalue weighted by molar-refractivity contribution is 7.13. The van der Waals surface area contributed by atoms with E-state index in [4.69, 9.17) is 16.7 Å². The van der Waals surface area contributed by atoms with Crippen LogP contribution in [0.4, 0.5) is 0 Å². The Hall–Kier alpha value is -2.17. The van der Waals surface area contributed by atoms with Crippen LogP contribution >= 0.6 is 22.9 Å². The third kappa shape index (κ3) is 2.82. The van der Waals surface area contributed by atoms with Crippen LogP contribution in [0, 0.1) is 0 Å². The number of nitrogens with zero attached hydrogens (tertiary/aromatic N) is 1. The van der Waals surface area contributed by atoms with Gasteiger partial charge in [-0.25, -0.2) is 9.78 Å². The van der Waals surface area contributed by atoms with Gasteiger partial charge in [-0.3, -0.25) is 0 Å². The summed E-state index contributed by atoms with van der Waals surface area (Å²) in [6.07, 6.45) is 0. The van der Waals surface area contributed by atoms with Crippen molar-refractivity contribution in [3.05, 3.63) is 64.5 Å². The van der Waals surface area contributed by atoms with Crippen molar-refractivity contribution in [1.29, 1.82) is 0 Å². The fourth-order valence-electron chi connectivity index (χ4n) is 1.95. The predicted octanol–water partition coefficient (Wildman–Crippen LogP) is 4.83. The summed E-state index contributed by atoms with van der Waals surface area (Å²) in [6.45, 7) is 0. The van der Waals surface area contributed by atoms with E-state index >= 15 is 0 Å². The van der Waals surface area contributed by atoms with E-state index in [0.717, 1.165) is 21.8 Å². The molecular weight excluding hydrogens is 306 g/mol. The number of thiazole rings is 1. The number of aromatic carboxylic acids is 1. The zero-order valence-electron chi connectivity index (χ0n) is 10.8. The molecule has 3 rings (SSSR count). The Labute approximate surface area is 130 Å². The molecule has 5 heteroatoms. The van der Waals surface area contributed by atoms with Crippen LogP contribution in [0.25, 0.3) is 21.8 Å². The van der Waals surface area contributed by atoms with E-state index in [9.17, 15) is 4.79 Å². The summed E-state index contributed by atoms with van der Waals surface area (Å²) in [5, 5.41) is 12.4. The van der Waals surface area contributed by atoms with E-state index in [1.54, 1.807) is 24.3 Å². The molecule has 1 N–H and O–H groups in total. The summed E-state index contributed by atoms with van der Waals surface area (Å²) in [5.74, 6) is -0.934. The molecule has 0 unspecified atom stereocenters. The number of carboxylic acids is 1. The lowest BCUT2D eigenvalue weighted by Gasteiger charge is -2.00. The molecular formula is C16H10ClNO2S. The Kier molecular flexibility index (Phi) is 3.73. The average Bonchev–Trinajstić information content (AvgIpc) is 2.97. The third-order valence-corrected chi connectivity index (χ3v) is 4.24. The van der Waals surface area contributed by atoms with Crippen molar-refractivity contribution in [3.8, 4) is 21.8 Å². The molecule has 1 heterocycles. The molecule has 3 aromatic rings. The Balaban J connectivity index is 1.95. The van der Waals surface area contributed by atoms with E-state index in [1.807, 2.05) is 29.6 Å². The van der Waals surface area contributed by atoms with Crippen molar-refractivity contribution < 1.29 is 9.90 Å². The molecule has 0 saturated heterocycles. The first-order valence-electron chi connectivity index (χ1n) is 6.19. The number of hydrogen-bond acceptors (Lipinski definition) is 3. The first-order chi connectivity index (χ1) is 10.1. The molecule has 0 amide bonds. The normalized spacial score (nSPS) is 10.5. The van der Waals surface area contributed by atoms with Gasteiger partial charge in [-0.15, -0.1) is 11.3 Å². The third-order valence-electron chi connectivity index (χ3n) is 3.04. The van der Waals surface area contributed by atoms with Gasteiger partial charge in [0.2, 0.25) is 0 Å². The summed E-state index contributed by atoms with van der Waals surface area (Å²) in [4.78, 5) is 15.4. The maximum atomic E-state index is 10.8. The first kappa shape index (κ1) is 13.8. The van der Waals surface area contributed by atoms with Crippen molar-refractivity contribution >= 4 is 28.9 Å². The van der Waals surface area contributed by atoms with Crippen LogP contribution in [-0.4, -0.2) is 16.1 Å². The minimum atomic E-state index is -0.934. The molecule has 0 bridgehead atoms. The van der Waals surface area contributed by atoms with Crippen LogP contribution in [0.1, 0.15) is 10.4 Å². The number of hydrogen-bond donors (Lipinski definition) is 1. The van der Waals surface area contributed by atoms with Gasteiger partial charge >= 0.3 is 5.97 Å². The predicted molar refractivity (Wildman–Crippen MR) is 85.0 cm³/mol. The minimum Gasteiger partial charge on any atom is -0.478 e. The van der Waals surface area contributed by atoms with E-state index in [2.05, 4.69) is 4.98 Å². The van der Waals surface area contributed by atoms with Gasteiger partial charge < -0.3 is 5.11 Å². The maximum Gasteiger partial charge on any atom is 0.335 e. The van der Waals surface area contributed by atoms with Gasteiger partial charge in [-0.2, -0.15) is 0 Å². The smallest absolute Gasteiger partial charge is 0.335 e. The molecule has 21 heavy (non-hydrogen) atoms. The van der Waals surface area contributed by atoms with Gasteiger partial charge in [0.25, 0.3) is 0 Å². The largest absolute Gasteiger partial charge is 0.478 e. The molecule has 104 valence electrons. The molecule has 0 aliphatic carbocycles. The molecule has 0 aliphatic rings. The van der Waals surface area contributed by atoms with Crippen LogP contribution in [0.15, 0.2) is 53.9 Å². The lowest BCUT2D eigenvalue weighted by molar-refractivity contribution is 0.0697. The van der Waals surface area contributed by atoms with E-state index in [0.29, 0.717) is 5.02 Å². The van der Waals surface area contributed by atoms with Crippen molar-refractivity contribution in [2.75, 3.05) is 0 Å². The van der Waals surface area contributed by atoms with Crippen LogP contribution in [0.5, 0.6) is 0 Å². The van der Waals surface area contributed by atoms with E-state index in [-0.39, 0.29) is 5.56 Å². The molecule has 2 aromatic carbocycles. The highest BCUT2D eigenvalue weighted by Gasteiger charge is 2.10. The fourth-order valence-corrected chi connectivity index (χ4v) is 3.10. The second-order valence-electron chi connectivity index (χ2n) is 4.40. The molecule has 3 nitrogen and oxygen atoms in total. The van der Waals surface area contributed by atoms with Crippen LogP contribution in [0.3, 0.4) is 0 Å². The molecule has 1 aromatic heterocycles. The Morgan fingerprint density at radius 3 is 2.48 bits per heavy atom. The zero-order chi connectivity index (χ0) is 14.8. The number of halogens is 1. The van der Waals surface area contributed by atoms with Crippen molar-refractivity contribution in [2.24, 2.45) is 0 Å². The Morgan fingerprint density at radius 1 is 1.10 bits per heavy atom. The number of carbonyl (C=O) groups is 1. The SMILES string of the molecule is O=C(O)c1ccc(-c2csc(-c3ccccc3Cl)n2)cc1. The van der Waals surface area contributed by atoms with Gasteiger partial charge in [0.05, 0.1) is 16.3 Å². The first-order valence-corrected chi connectivity index (χ1v) is 7.45. The maximum absolute atomic E-state index is 10.8. The number of carboxylic acid groups (broad SMARTS) is 1. The quantitative estimate of drug-likeness (QED) is 0.753. The standard InChI is InChI=1S/C16H10ClNO2S/c17-13-4-2-1-3-12(13)15-18-14(9-21-15)10-5-7-11(8-6-10)16(19)20/h1-9H,(H,19,20). The molecule has 0 radical (unpaired) electrons. The number of rotatable bonds is 3. The molecule has 0 spiro atoms. The topological polar surface area (TPSA) is 50.2 Å². The molecule has 0 atom stereocenters. The van der Waals surface area contributed by atoms with E-state index in [1.165, 1.54) is 11.3 Å². The van der Waals surface area contributed by atoms with Gasteiger partial charge in [-0.05, 0) is 18.2 Å². The second kappa shape index (κ2) is 5.68. The zero-order valence-corrected chi connectivity index (χ0v) is 12.4. The summed E-state index contributed by atoms with van der Waals surface area (Å²) < 4.78 is 0. The molecule has 0 saturated carbocycles. The van der Waals surface area contributed by atoms with Gasteiger partial charge in [0.1, 0.15) is 5.01 Å². The lowest BCUT2D eigenvalue weighted by Crippen LogP contribution is -1.94. The van der Waals surface area contributed by atoms with Crippen LogP contribution < -0.4 is 0 Å². The van der Waals surface area contributed by atoms with Crippen molar-refractivity contribution in [3.63, 3.8) is 0 Å². The van der Waals surface area contributed by atoms with Gasteiger partial charge in [0.15, 0.2) is 0 Å². The number of benzene rings is 2. The molecule has 0 fully saturated rings. The number of aromatic nitrogens is 1. The van der Waals surface area contributed by atoms with Crippen molar-refractivity contribution in [1.82, 2.24) is 4.98 Å². The Bertz CT molecular complexity index is 796. The lowest BCUT2D eigenvalue weighted by atomic mass is 10.1.